The minimum absolute atomic E-state index is 0.653. The number of hydrogen-bond donors (Lipinski definition) is 1. The highest BCUT2D eigenvalue weighted by molar-refractivity contribution is 9.10. The molecule has 0 saturated heterocycles. The van der Waals surface area contributed by atoms with E-state index in [1.165, 1.54) is 0 Å². The van der Waals surface area contributed by atoms with Gasteiger partial charge in [0.15, 0.2) is 0 Å². The minimum Gasteiger partial charge on any atom is -0.492 e. The molecule has 0 aromatic heterocycles. The van der Waals surface area contributed by atoms with Crippen LogP contribution in [0, 0.1) is 0 Å². The van der Waals surface area contributed by atoms with Gasteiger partial charge in [0.25, 0.3) is 0 Å². The Kier molecular flexibility index (Phi) is 5.30. The molecule has 4 heteroatoms. The lowest BCUT2D eigenvalue weighted by atomic mass is 10.3. The maximum Gasteiger partial charge on any atom is 0.137 e. The van der Waals surface area contributed by atoms with Gasteiger partial charge in [-0.3, -0.25) is 0 Å². The van der Waals surface area contributed by atoms with Gasteiger partial charge in [0.05, 0.1) is 25.2 Å². The van der Waals surface area contributed by atoms with Gasteiger partial charge < -0.3 is 10.1 Å². The molecule has 0 fully saturated rings. The van der Waals surface area contributed by atoms with Crippen LogP contribution >= 0.6 is 27.5 Å². The summed E-state index contributed by atoms with van der Waals surface area (Å²) in [5, 5.41) is 2.78. The molecule has 0 spiro atoms. The van der Waals surface area contributed by atoms with E-state index in [1.54, 1.807) is 0 Å². The Morgan fingerprint density at radius 3 is 2.93 bits per heavy atom. The van der Waals surface area contributed by atoms with Crippen molar-refractivity contribution in [3.8, 4) is 5.75 Å². The molecule has 0 unspecified atom stereocenters. The SMILES string of the molecule is C[NH2+]CCCOc1ccc(Br)cc1Cl. The zero-order valence-corrected chi connectivity index (χ0v) is 10.4. The van der Waals surface area contributed by atoms with Crippen LogP contribution in [0.1, 0.15) is 6.42 Å². The molecule has 2 N–H and O–H groups in total. The summed E-state index contributed by atoms with van der Waals surface area (Å²) in [5.74, 6) is 0.756. The Labute approximate surface area is 97.7 Å². The molecule has 0 radical (unpaired) electrons. The van der Waals surface area contributed by atoms with Crippen molar-refractivity contribution >= 4 is 27.5 Å². The second kappa shape index (κ2) is 6.27. The predicted molar refractivity (Wildman–Crippen MR) is 62.0 cm³/mol. The Balaban J connectivity index is 2.42. The van der Waals surface area contributed by atoms with Crippen LogP contribution in [0.25, 0.3) is 0 Å². The first-order valence-corrected chi connectivity index (χ1v) is 5.77. The molecular formula is C10H14BrClNO+. The van der Waals surface area contributed by atoms with Gasteiger partial charge in [-0.25, -0.2) is 0 Å². The number of nitrogens with two attached hydrogens (primary N) is 1. The molecule has 1 aromatic carbocycles. The second-order valence-corrected chi connectivity index (χ2v) is 4.30. The first kappa shape index (κ1) is 11.8. The van der Waals surface area contributed by atoms with Gasteiger partial charge in [-0.05, 0) is 18.2 Å². The van der Waals surface area contributed by atoms with Crippen LogP contribution in [-0.4, -0.2) is 20.2 Å². The van der Waals surface area contributed by atoms with E-state index in [-0.39, 0.29) is 0 Å². The Morgan fingerprint density at radius 1 is 1.50 bits per heavy atom. The van der Waals surface area contributed by atoms with E-state index in [0.717, 1.165) is 23.2 Å². The van der Waals surface area contributed by atoms with Gasteiger partial charge in [0.2, 0.25) is 0 Å². The average molecular weight is 280 g/mol. The normalized spacial score (nSPS) is 10.2. The molecule has 0 heterocycles. The minimum atomic E-state index is 0.653. The van der Waals surface area contributed by atoms with Gasteiger partial charge in [-0.15, -0.1) is 0 Å². The van der Waals surface area contributed by atoms with E-state index < -0.39 is 0 Å². The molecule has 1 aromatic rings. The molecule has 1 rings (SSSR count). The summed E-state index contributed by atoms with van der Waals surface area (Å²) in [7, 11) is 2.05. The summed E-state index contributed by atoms with van der Waals surface area (Å²) < 4.78 is 6.49. The fourth-order valence-corrected chi connectivity index (χ4v) is 1.79. The van der Waals surface area contributed by atoms with E-state index in [0.29, 0.717) is 11.6 Å². The van der Waals surface area contributed by atoms with Crippen LogP contribution in [0.3, 0.4) is 0 Å². The van der Waals surface area contributed by atoms with Gasteiger partial charge in [-0.1, -0.05) is 27.5 Å². The average Bonchev–Trinajstić information content (AvgIpc) is 2.15. The fourth-order valence-electron chi connectivity index (χ4n) is 1.06. The van der Waals surface area contributed by atoms with Crippen molar-refractivity contribution in [2.45, 2.75) is 6.42 Å². The van der Waals surface area contributed by atoms with E-state index in [4.69, 9.17) is 16.3 Å². The molecule has 0 aliphatic carbocycles. The fraction of sp³-hybridized carbons (Fsp3) is 0.400. The van der Waals surface area contributed by atoms with Crippen LogP contribution in [-0.2, 0) is 0 Å². The zero-order valence-electron chi connectivity index (χ0n) is 8.09. The van der Waals surface area contributed by atoms with Crippen molar-refractivity contribution < 1.29 is 10.1 Å². The lowest BCUT2D eigenvalue weighted by Crippen LogP contribution is -2.79. The van der Waals surface area contributed by atoms with Crippen LogP contribution in [0.5, 0.6) is 5.75 Å². The van der Waals surface area contributed by atoms with Crippen LogP contribution in [0.15, 0.2) is 22.7 Å². The third-order valence-electron chi connectivity index (χ3n) is 1.79. The molecule has 0 bridgehead atoms. The third-order valence-corrected chi connectivity index (χ3v) is 2.58. The van der Waals surface area contributed by atoms with Crippen molar-refractivity contribution in [3.63, 3.8) is 0 Å². The van der Waals surface area contributed by atoms with E-state index >= 15 is 0 Å². The van der Waals surface area contributed by atoms with Crippen LogP contribution in [0.4, 0.5) is 0 Å². The molecule has 2 nitrogen and oxygen atoms in total. The summed E-state index contributed by atoms with van der Waals surface area (Å²) in [4.78, 5) is 0. The highest BCUT2D eigenvalue weighted by Crippen LogP contribution is 2.27. The van der Waals surface area contributed by atoms with Crippen LogP contribution in [0.2, 0.25) is 5.02 Å². The highest BCUT2D eigenvalue weighted by Gasteiger charge is 2.01. The predicted octanol–water partition coefficient (Wildman–Crippen LogP) is 2.06. The number of halogens is 2. The summed E-state index contributed by atoms with van der Waals surface area (Å²) in [6.07, 6.45) is 1.03. The molecule has 14 heavy (non-hydrogen) atoms. The second-order valence-electron chi connectivity index (χ2n) is 2.97. The summed E-state index contributed by atoms with van der Waals surface area (Å²) in [6, 6.07) is 5.64. The lowest BCUT2D eigenvalue weighted by Gasteiger charge is -2.07. The maximum absolute atomic E-state index is 5.98. The summed E-state index contributed by atoms with van der Waals surface area (Å²) in [5.41, 5.74) is 0. The zero-order chi connectivity index (χ0) is 10.4. The number of hydrogen-bond acceptors (Lipinski definition) is 1. The molecule has 0 atom stereocenters. The first-order chi connectivity index (χ1) is 6.74. The molecular weight excluding hydrogens is 265 g/mol. The molecule has 0 aliphatic rings. The van der Waals surface area contributed by atoms with Gasteiger partial charge >= 0.3 is 0 Å². The highest BCUT2D eigenvalue weighted by atomic mass is 79.9. The molecule has 0 saturated carbocycles. The third kappa shape index (κ3) is 3.86. The van der Waals surface area contributed by atoms with E-state index in [9.17, 15) is 0 Å². The number of quaternary nitrogens is 1. The lowest BCUT2D eigenvalue weighted by molar-refractivity contribution is -0.627. The van der Waals surface area contributed by atoms with E-state index in [1.807, 2.05) is 25.2 Å². The molecule has 78 valence electrons. The summed E-state index contributed by atoms with van der Waals surface area (Å²) in [6.45, 7) is 1.79. The molecule has 0 aliphatic heterocycles. The van der Waals surface area contributed by atoms with Gasteiger partial charge in [-0.2, -0.15) is 0 Å². The van der Waals surface area contributed by atoms with Crippen molar-refractivity contribution in [2.75, 3.05) is 20.2 Å². The monoisotopic (exact) mass is 278 g/mol. The first-order valence-electron chi connectivity index (χ1n) is 4.59. The smallest absolute Gasteiger partial charge is 0.137 e. The van der Waals surface area contributed by atoms with E-state index in [2.05, 4.69) is 21.2 Å². The number of benzene rings is 1. The Morgan fingerprint density at radius 2 is 2.29 bits per heavy atom. The van der Waals surface area contributed by atoms with Crippen molar-refractivity contribution in [1.82, 2.24) is 0 Å². The van der Waals surface area contributed by atoms with Crippen molar-refractivity contribution in [3.05, 3.63) is 27.7 Å². The Bertz CT molecular complexity index is 293. The van der Waals surface area contributed by atoms with Crippen LogP contribution < -0.4 is 10.1 Å². The van der Waals surface area contributed by atoms with Gasteiger partial charge in [0, 0.05) is 10.9 Å². The molecule has 0 amide bonds. The Hall–Kier alpha value is -0.250. The topological polar surface area (TPSA) is 25.8 Å². The largest absolute Gasteiger partial charge is 0.492 e. The summed E-state index contributed by atoms with van der Waals surface area (Å²) >= 11 is 9.32. The number of rotatable bonds is 5. The quantitative estimate of drug-likeness (QED) is 0.821. The van der Waals surface area contributed by atoms with Crippen molar-refractivity contribution in [2.24, 2.45) is 0 Å². The van der Waals surface area contributed by atoms with Crippen molar-refractivity contribution in [1.29, 1.82) is 0 Å². The van der Waals surface area contributed by atoms with Gasteiger partial charge in [0.1, 0.15) is 5.75 Å². The number of ether oxygens (including phenoxy) is 1. The maximum atomic E-state index is 5.98. The standard InChI is InChI=1S/C10H13BrClNO/c1-13-5-2-6-14-10-4-3-8(11)7-9(10)12/h3-4,7,13H,2,5-6H2,1H3/p+1.